The van der Waals surface area contributed by atoms with Gasteiger partial charge in [0.15, 0.2) is 0 Å². The standard InChI is InChI=1S/C33H40N2O5S/c1-5-8-18-40-32(39)27-26-15-16-33(41-26)28(27)30(37)35(25(20-36)21(4)7-3)29(33)31(38)34(17-6-2)24-14-13-22-11-9-10-12-23(22)19-24/h5-6,9-14,19,21,25-29,36H,1-2,7-8,15-18,20H2,3-4H3/t21-,25-,26-,27+,28-,29?,33?/m0/s1. The number of hydrogen-bond acceptors (Lipinski definition) is 6. The van der Waals surface area contributed by atoms with Crippen LogP contribution in [0.4, 0.5) is 5.69 Å². The fraction of sp³-hybridized carbons (Fsp3) is 0.485. The molecular weight excluding hydrogens is 536 g/mol. The quantitative estimate of drug-likeness (QED) is 0.218. The Kier molecular flexibility index (Phi) is 8.62. The van der Waals surface area contributed by atoms with Gasteiger partial charge in [0, 0.05) is 17.5 Å². The predicted octanol–water partition coefficient (Wildman–Crippen LogP) is 4.98. The lowest BCUT2D eigenvalue weighted by atomic mass is 9.71. The van der Waals surface area contributed by atoms with E-state index in [2.05, 4.69) is 13.2 Å². The maximum absolute atomic E-state index is 14.8. The first-order valence-corrected chi connectivity index (χ1v) is 15.5. The van der Waals surface area contributed by atoms with Gasteiger partial charge in [-0.05, 0) is 48.1 Å². The van der Waals surface area contributed by atoms with E-state index < -0.39 is 28.7 Å². The molecule has 2 unspecified atom stereocenters. The van der Waals surface area contributed by atoms with Gasteiger partial charge in [-0.25, -0.2) is 0 Å². The number of esters is 1. The maximum Gasteiger partial charge on any atom is 0.310 e. The van der Waals surface area contributed by atoms with Crippen molar-refractivity contribution in [1.29, 1.82) is 0 Å². The molecule has 3 aliphatic heterocycles. The molecule has 0 radical (unpaired) electrons. The Balaban J connectivity index is 1.59. The third kappa shape index (κ3) is 4.89. The van der Waals surface area contributed by atoms with Gasteiger partial charge in [0.05, 0.1) is 35.8 Å². The first kappa shape index (κ1) is 29.4. The van der Waals surface area contributed by atoms with E-state index >= 15 is 0 Å². The maximum atomic E-state index is 14.8. The molecule has 0 aromatic heterocycles. The van der Waals surface area contributed by atoms with Crippen molar-refractivity contribution in [3.63, 3.8) is 0 Å². The third-order valence-corrected chi connectivity index (χ3v) is 11.2. The number of nitrogens with zero attached hydrogens (tertiary/aromatic N) is 2. The summed E-state index contributed by atoms with van der Waals surface area (Å²) in [6.45, 7) is 11.9. The van der Waals surface area contributed by atoms with Crippen LogP contribution in [-0.4, -0.2) is 69.6 Å². The van der Waals surface area contributed by atoms with Gasteiger partial charge in [-0.3, -0.25) is 14.4 Å². The van der Waals surface area contributed by atoms with E-state index in [1.165, 1.54) is 0 Å². The van der Waals surface area contributed by atoms with Crippen LogP contribution in [0, 0.1) is 17.8 Å². The molecule has 3 saturated heterocycles. The van der Waals surface area contributed by atoms with E-state index in [1.807, 2.05) is 56.3 Å². The molecule has 2 bridgehead atoms. The van der Waals surface area contributed by atoms with Crippen LogP contribution in [0.1, 0.15) is 39.5 Å². The predicted molar refractivity (Wildman–Crippen MR) is 164 cm³/mol. The minimum absolute atomic E-state index is 0.0387. The van der Waals surface area contributed by atoms with Gasteiger partial charge in [-0.1, -0.05) is 62.8 Å². The number of thioether (sulfide) groups is 1. The lowest BCUT2D eigenvalue weighted by Crippen LogP contribution is -2.58. The first-order chi connectivity index (χ1) is 19.8. The van der Waals surface area contributed by atoms with Crippen LogP contribution in [-0.2, 0) is 19.1 Å². The van der Waals surface area contributed by atoms with Crippen LogP contribution in [0.15, 0.2) is 67.8 Å². The Morgan fingerprint density at radius 1 is 1.22 bits per heavy atom. The molecule has 7 atom stereocenters. The summed E-state index contributed by atoms with van der Waals surface area (Å²) in [5.74, 6) is -2.12. The van der Waals surface area contributed by atoms with E-state index in [4.69, 9.17) is 4.74 Å². The Hall–Kier alpha value is -3.10. The van der Waals surface area contributed by atoms with E-state index in [0.717, 1.165) is 29.3 Å². The summed E-state index contributed by atoms with van der Waals surface area (Å²) in [5.41, 5.74) is 0.725. The average molecular weight is 577 g/mol. The molecular formula is C33H40N2O5S. The summed E-state index contributed by atoms with van der Waals surface area (Å²) in [4.78, 5) is 46.0. The topological polar surface area (TPSA) is 87.2 Å². The van der Waals surface area contributed by atoms with Crippen molar-refractivity contribution < 1.29 is 24.2 Å². The van der Waals surface area contributed by atoms with Crippen molar-refractivity contribution in [3.05, 3.63) is 67.8 Å². The summed E-state index contributed by atoms with van der Waals surface area (Å²) in [6.07, 6.45) is 6.05. The molecule has 1 N–H and O–H groups in total. The summed E-state index contributed by atoms with van der Waals surface area (Å²) in [5, 5.41) is 12.6. The summed E-state index contributed by atoms with van der Waals surface area (Å²) in [6, 6.07) is 12.5. The van der Waals surface area contributed by atoms with Gasteiger partial charge >= 0.3 is 5.97 Å². The van der Waals surface area contributed by atoms with E-state index in [-0.39, 0.29) is 48.7 Å². The van der Waals surface area contributed by atoms with Crippen molar-refractivity contribution in [2.24, 2.45) is 17.8 Å². The van der Waals surface area contributed by atoms with Crippen LogP contribution < -0.4 is 4.90 Å². The van der Waals surface area contributed by atoms with Crippen LogP contribution in [0.5, 0.6) is 0 Å². The zero-order chi connectivity index (χ0) is 29.3. The second-order valence-electron chi connectivity index (χ2n) is 11.5. The van der Waals surface area contributed by atoms with Crippen molar-refractivity contribution in [2.75, 3.05) is 24.7 Å². The van der Waals surface area contributed by atoms with Crippen LogP contribution in [0.25, 0.3) is 10.8 Å². The number of carbonyl (C=O) groups is 3. The highest BCUT2D eigenvalue weighted by Gasteiger charge is 2.75. The Bertz CT molecular complexity index is 1350. The van der Waals surface area contributed by atoms with Crippen molar-refractivity contribution in [3.8, 4) is 0 Å². The largest absolute Gasteiger partial charge is 0.465 e. The molecule has 3 heterocycles. The van der Waals surface area contributed by atoms with Gasteiger partial charge in [0.1, 0.15) is 6.04 Å². The molecule has 41 heavy (non-hydrogen) atoms. The molecule has 0 aliphatic carbocycles. The lowest BCUT2D eigenvalue weighted by molar-refractivity contribution is -0.154. The SMILES string of the molecule is C=CCCOC(=O)[C@@H]1[C@@H]2CCC3(S2)C(C(=O)N(CC=C)c2ccc4ccccc4c2)N([C@@H](CO)[C@@H](C)CC)C(=O)[C@H]13. The van der Waals surface area contributed by atoms with Crippen molar-refractivity contribution >= 4 is 46.0 Å². The van der Waals surface area contributed by atoms with E-state index in [0.29, 0.717) is 12.8 Å². The zero-order valence-corrected chi connectivity index (χ0v) is 24.7. The minimum atomic E-state index is -0.821. The third-order valence-electron chi connectivity index (χ3n) is 9.28. The molecule has 2 aromatic rings. The number of ether oxygens (including phenoxy) is 1. The summed E-state index contributed by atoms with van der Waals surface area (Å²) in [7, 11) is 0. The zero-order valence-electron chi connectivity index (χ0n) is 23.9. The molecule has 7 nitrogen and oxygen atoms in total. The molecule has 8 heteroatoms. The van der Waals surface area contributed by atoms with Gasteiger partial charge in [-0.15, -0.1) is 24.9 Å². The highest BCUT2D eigenvalue weighted by Crippen LogP contribution is 2.67. The van der Waals surface area contributed by atoms with Gasteiger partial charge in [-0.2, -0.15) is 0 Å². The molecule has 3 aliphatic rings. The summed E-state index contributed by atoms with van der Waals surface area (Å²) < 4.78 is 4.84. The first-order valence-electron chi connectivity index (χ1n) is 14.6. The molecule has 218 valence electrons. The number of likely N-dealkylation sites (tertiary alicyclic amines) is 1. The van der Waals surface area contributed by atoms with Crippen molar-refractivity contribution in [1.82, 2.24) is 4.90 Å². The number of hydrogen-bond donors (Lipinski definition) is 1. The van der Waals surface area contributed by atoms with Crippen molar-refractivity contribution in [2.45, 2.75) is 61.6 Å². The van der Waals surface area contributed by atoms with E-state index in [9.17, 15) is 19.5 Å². The number of amides is 2. The molecule has 3 fully saturated rings. The number of benzene rings is 2. The van der Waals surface area contributed by atoms with Crippen LogP contribution >= 0.6 is 11.8 Å². The van der Waals surface area contributed by atoms with Crippen LogP contribution in [0.3, 0.4) is 0 Å². The van der Waals surface area contributed by atoms with Gasteiger partial charge in [0.25, 0.3) is 5.91 Å². The molecule has 2 aromatic carbocycles. The molecule has 5 rings (SSSR count). The number of rotatable bonds is 12. The van der Waals surface area contributed by atoms with E-state index in [1.54, 1.807) is 33.7 Å². The fourth-order valence-electron chi connectivity index (χ4n) is 7.09. The Morgan fingerprint density at radius 3 is 2.66 bits per heavy atom. The van der Waals surface area contributed by atoms with Gasteiger partial charge in [0.2, 0.25) is 5.91 Å². The molecule has 0 saturated carbocycles. The highest BCUT2D eigenvalue weighted by atomic mass is 32.2. The fourth-order valence-corrected chi connectivity index (χ4v) is 9.28. The lowest BCUT2D eigenvalue weighted by Gasteiger charge is -2.41. The smallest absolute Gasteiger partial charge is 0.310 e. The number of aliphatic hydroxyl groups is 1. The monoisotopic (exact) mass is 576 g/mol. The average Bonchev–Trinajstić information content (AvgIpc) is 3.63. The number of carbonyl (C=O) groups excluding carboxylic acids is 3. The molecule has 1 spiro atoms. The number of aliphatic hydroxyl groups excluding tert-OH is 1. The van der Waals surface area contributed by atoms with Gasteiger partial charge < -0.3 is 19.6 Å². The Labute approximate surface area is 246 Å². The molecule has 2 amide bonds. The number of fused-ring (bicyclic) bond motifs is 2. The normalized spacial score (nSPS) is 27.9. The highest BCUT2D eigenvalue weighted by molar-refractivity contribution is 8.02. The second kappa shape index (κ2) is 12.0. The van der Waals surface area contributed by atoms with Crippen LogP contribution in [0.2, 0.25) is 0 Å². The summed E-state index contributed by atoms with van der Waals surface area (Å²) >= 11 is 1.61. The second-order valence-corrected chi connectivity index (χ2v) is 13.1. The number of anilines is 1. The minimum Gasteiger partial charge on any atom is -0.465 e. The Morgan fingerprint density at radius 2 is 1.98 bits per heavy atom.